The van der Waals surface area contributed by atoms with Gasteiger partial charge in [0.15, 0.2) is 5.82 Å². The number of rotatable bonds is 4. The van der Waals surface area contributed by atoms with Crippen molar-refractivity contribution in [1.82, 2.24) is 14.8 Å². The molecule has 0 bridgehead atoms. The summed E-state index contributed by atoms with van der Waals surface area (Å²) in [6, 6.07) is 5.45. The van der Waals surface area contributed by atoms with Crippen molar-refractivity contribution < 1.29 is 4.74 Å². The molecule has 2 aromatic rings. The van der Waals surface area contributed by atoms with Crippen molar-refractivity contribution in [2.24, 2.45) is 7.05 Å². The van der Waals surface area contributed by atoms with Crippen molar-refractivity contribution in [2.75, 3.05) is 12.4 Å². The highest BCUT2D eigenvalue weighted by molar-refractivity contribution is 6.33. The van der Waals surface area contributed by atoms with Crippen LogP contribution >= 0.6 is 11.6 Å². The van der Waals surface area contributed by atoms with Crippen LogP contribution in [-0.2, 0) is 13.6 Å². The van der Waals surface area contributed by atoms with Crippen LogP contribution in [-0.4, -0.2) is 21.9 Å². The standard InChI is InChI=1S/C11H13ClN4O/c1-16-7-14-15-11(16)6-13-10-5-8(17-2)3-4-9(10)12/h3-5,7,13H,6H2,1-2H3. The summed E-state index contributed by atoms with van der Waals surface area (Å²) in [5.74, 6) is 1.60. The fourth-order valence-electron chi connectivity index (χ4n) is 1.41. The Kier molecular flexibility index (Phi) is 3.49. The molecule has 17 heavy (non-hydrogen) atoms. The topological polar surface area (TPSA) is 52.0 Å². The summed E-state index contributed by atoms with van der Waals surface area (Å²) in [5.41, 5.74) is 0.814. The smallest absolute Gasteiger partial charge is 0.151 e. The first-order valence-corrected chi connectivity index (χ1v) is 5.49. The Morgan fingerprint density at radius 2 is 2.29 bits per heavy atom. The zero-order chi connectivity index (χ0) is 12.3. The lowest BCUT2D eigenvalue weighted by atomic mass is 10.3. The highest BCUT2D eigenvalue weighted by Crippen LogP contribution is 2.26. The summed E-state index contributed by atoms with van der Waals surface area (Å²) < 4.78 is 6.99. The first-order valence-electron chi connectivity index (χ1n) is 5.11. The van der Waals surface area contributed by atoms with E-state index in [2.05, 4.69) is 15.5 Å². The van der Waals surface area contributed by atoms with E-state index >= 15 is 0 Å². The van der Waals surface area contributed by atoms with Crippen LogP contribution in [0.25, 0.3) is 0 Å². The molecular weight excluding hydrogens is 240 g/mol. The molecule has 6 heteroatoms. The van der Waals surface area contributed by atoms with Gasteiger partial charge in [-0.3, -0.25) is 0 Å². The van der Waals surface area contributed by atoms with E-state index in [1.165, 1.54) is 0 Å². The maximum absolute atomic E-state index is 6.07. The van der Waals surface area contributed by atoms with E-state index in [1.807, 2.05) is 23.7 Å². The van der Waals surface area contributed by atoms with Gasteiger partial charge in [0.2, 0.25) is 0 Å². The fraction of sp³-hybridized carbons (Fsp3) is 0.273. The van der Waals surface area contributed by atoms with Crippen LogP contribution in [0.15, 0.2) is 24.5 Å². The second-order valence-corrected chi connectivity index (χ2v) is 3.96. The average molecular weight is 253 g/mol. The molecule has 0 aliphatic carbocycles. The summed E-state index contributed by atoms with van der Waals surface area (Å²) in [7, 11) is 3.51. The van der Waals surface area contributed by atoms with E-state index in [4.69, 9.17) is 16.3 Å². The normalized spacial score (nSPS) is 10.3. The number of ether oxygens (including phenoxy) is 1. The third kappa shape index (κ3) is 2.68. The molecule has 0 radical (unpaired) electrons. The maximum Gasteiger partial charge on any atom is 0.151 e. The van der Waals surface area contributed by atoms with Gasteiger partial charge >= 0.3 is 0 Å². The number of nitrogens with one attached hydrogen (secondary N) is 1. The Hall–Kier alpha value is -1.75. The molecule has 0 saturated carbocycles. The molecule has 0 saturated heterocycles. The molecule has 0 fully saturated rings. The molecule has 1 heterocycles. The number of benzene rings is 1. The van der Waals surface area contributed by atoms with Crippen LogP contribution in [0.4, 0.5) is 5.69 Å². The minimum Gasteiger partial charge on any atom is -0.497 e. The van der Waals surface area contributed by atoms with Gasteiger partial charge in [0.05, 0.1) is 24.4 Å². The van der Waals surface area contributed by atoms with Gasteiger partial charge in [0.1, 0.15) is 12.1 Å². The fourth-order valence-corrected chi connectivity index (χ4v) is 1.59. The molecule has 0 spiro atoms. The summed E-state index contributed by atoms with van der Waals surface area (Å²) >= 11 is 6.07. The number of methoxy groups -OCH3 is 1. The van der Waals surface area contributed by atoms with Gasteiger partial charge in [0.25, 0.3) is 0 Å². The Labute approximate surface area is 104 Å². The van der Waals surface area contributed by atoms with E-state index < -0.39 is 0 Å². The number of anilines is 1. The van der Waals surface area contributed by atoms with Crippen LogP contribution in [0.3, 0.4) is 0 Å². The van der Waals surface area contributed by atoms with Crippen molar-refractivity contribution in [3.05, 3.63) is 35.4 Å². The van der Waals surface area contributed by atoms with E-state index in [-0.39, 0.29) is 0 Å². The Morgan fingerprint density at radius 1 is 1.47 bits per heavy atom. The minimum absolute atomic E-state index is 0.559. The molecule has 0 aliphatic heterocycles. The first kappa shape index (κ1) is 11.7. The summed E-state index contributed by atoms with van der Waals surface area (Å²) in [6.45, 7) is 0.559. The van der Waals surface area contributed by atoms with Gasteiger partial charge in [0, 0.05) is 13.1 Å². The lowest BCUT2D eigenvalue weighted by Crippen LogP contribution is -2.06. The first-order chi connectivity index (χ1) is 8.20. The second-order valence-electron chi connectivity index (χ2n) is 3.56. The molecule has 1 aromatic carbocycles. The van der Waals surface area contributed by atoms with Gasteiger partial charge in [-0.05, 0) is 12.1 Å². The zero-order valence-corrected chi connectivity index (χ0v) is 10.4. The van der Waals surface area contributed by atoms with Gasteiger partial charge < -0.3 is 14.6 Å². The minimum atomic E-state index is 0.559. The van der Waals surface area contributed by atoms with Crippen LogP contribution in [0.5, 0.6) is 5.75 Å². The molecule has 0 amide bonds. The lowest BCUT2D eigenvalue weighted by molar-refractivity contribution is 0.415. The third-order valence-electron chi connectivity index (χ3n) is 2.42. The van der Waals surface area contributed by atoms with Crippen LogP contribution < -0.4 is 10.1 Å². The monoisotopic (exact) mass is 252 g/mol. The number of aromatic nitrogens is 3. The van der Waals surface area contributed by atoms with E-state index in [0.29, 0.717) is 11.6 Å². The maximum atomic E-state index is 6.07. The molecule has 0 aliphatic rings. The molecule has 2 rings (SSSR count). The zero-order valence-electron chi connectivity index (χ0n) is 9.64. The van der Waals surface area contributed by atoms with Gasteiger partial charge in [-0.2, -0.15) is 0 Å². The largest absolute Gasteiger partial charge is 0.497 e. The molecule has 90 valence electrons. The van der Waals surface area contributed by atoms with Crippen molar-refractivity contribution in [2.45, 2.75) is 6.54 Å². The van der Waals surface area contributed by atoms with E-state index in [0.717, 1.165) is 17.3 Å². The highest BCUT2D eigenvalue weighted by atomic mass is 35.5. The SMILES string of the molecule is COc1ccc(Cl)c(NCc2nncn2C)c1. The summed E-state index contributed by atoms with van der Waals surface area (Å²) in [5, 5.41) is 11.6. The van der Waals surface area contributed by atoms with Crippen molar-refractivity contribution in [3.8, 4) is 5.75 Å². The molecule has 1 aromatic heterocycles. The number of nitrogens with zero attached hydrogens (tertiary/aromatic N) is 3. The molecule has 5 nitrogen and oxygen atoms in total. The van der Waals surface area contributed by atoms with Crippen LogP contribution in [0.2, 0.25) is 5.02 Å². The van der Waals surface area contributed by atoms with E-state index in [1.54, 1.807) is 19.5 Å². The predicted octanol–water partition coefficient (Wildman–Crippen LogP) is 2.09. The number of halogens is 1. The van der Waals surface area contributed by atoms with Gasteiger partial charge in [-0.25, -0.2) is 0 Å². The Bertz CT molecular complexity index is 512. The van der Waals surface area contributed by atoms with E-state index in [9.17, 15) is 0 Å². The third-order valence-corrected chi connectivity index (χ3v) is 2.75. The highest BCUT2D eigenvalue weighted by Gasteiger charge is 2.04. The number of aryl methyl sites for hydroxylation is 1. The summed E-state index contributed by atoms with van der Waals surface area (Å²) in [4.78, 5) is 0. The Morgan fingerprint density at radius 3 is 2.94 bits per heavy atom. The predicted molar refractivity (Wildman–Crippen MR) is 66.3 cm³/mol. The van der Waals surface area contributed by atoms with Crippen molar-refractivity contribution in [1.29, 1.82) is 0 Å². The van der Waals surface area contributed by atoms with Gasteiger partial charge in [-0.15, -0.1) is 10.2 Å². The van der Waals surface area contributed by atoms with Gasteiger partial charge in [-0.1, -0.05) is 11.6 Å². The Balaban J connectivity index is 2.11. The number of hydrogen-bond donors (Lipinski definition) is 1. The lowest BCUT2D eigenvalue weighted by Gasteiger charge is -2.09. The molecular formula is C11H13ClN4O. The molecule has 0 unspecified atom stereocenters. The molecule has 0 atom stereocenters. The number of hydrogen-bond acceptors (Lipinski definition) is 4. The van der Waals surface area contributed by atoms with Crippen LogP contribution in [0, 0.1) is 0 Å². The average Bonchev–Trinajstić information content (AvgIpc) is 2.74. The van der Waals surface area contributed by atoms with Crippen LogP contribution in [0.1, 0.15) is 5.82 Å². The molecule has 1 N–H and O–H groups in total. The quantitative estimate of drug-likeness (QED) is 0.905. The second kappa shape index (κ2) is 5.05. The summed E-state index contributed by atoms with van der Waals surface area (Å²) in [6.07, 6.45) is 1.66. The van der Waals surface area contributed by atoms with Crippen molar-refractivity contribution >= 4 is 17.3 Å². The van der Waals surface area contributed by atoms with Crippen molar-refractivity contribution in [3.63, 3.8) is 0 Å².